The van der Waals surface area contributed by atoms with Crippen molar-refractivity contribution in [3.8, 4) is 5.75 Å². The summed E-state index contributed by atoms with van der Waals surface area (Å²) in [4.78, 5) is 24.2. The van der Waals surface area contributed by atoms with E-state index >= 15 is 0 Å². The Hall–Kier alpha value is -2.90. The van der Waals surface area contributed by atoms with E-state index < -0.39 is 5.97 Å². The molecule has 0 saturated carbocycles. The summed E-state index contributed by atoms with van der Waals surface area (Å²) in [6, 6.07) is 7.66. The molecule has 0 aliphatic heterocycles. The summed E-state index contributed by atoms with van der Waals surface area (Å²) in [5, 5.41) is 15.8. The molecular formula is C15H18N4O4. The number of carbonyl (C=O) groups excluding carboxylic acids is 1. The van der Waals surface area contributed by atoms with Gasteiger partial charge in [0, 0.05) is 7.05 Å². The first-order valence-electron chi connectivity index (χ1n) is 7.02. The van der Waals surface area contributed by atoms with Crippen LogP contribution in [0.15, 0.2) is 30.5 Å². The summed E-state index contributed by atoms with van der Waals surface area (Å²) in [7, 11) is 1.65. The standard InChI is InChI=1S/C15H18N4O4/c1-11-3-5-12(6-4-11)23-8-7-18(2)14(20)10-19-9-13(15(21)22)16-17-19/h3-6,9H,7-8,10H2,1-2H3,(H,21,22). The first kappa shape index (κ1) is 16.5. The lowest BCUT2D eigenvalue weighted by atomic mass is 10.2. The van der Waals surface area contributed by atoms with Crippen LogP contribution in [0.2, 0.25) is 0 Å². The Morgan fingerprint density at radius 2 is 2.00 bits per heavy atom. The average molecular weight is 318 g/mol. The molecule has 1 heterocycles. The summed E-state index contributed by atoms with van der Waals surface area (Å²) >= 11 is 0. The summed E-state index contributed by atoms with van der Waals surface area (Å²) in [6.07, 6.45) is 1.22. The van der Waals surface area contributed by atoms with Gasteiger partial charge in [-0.3, -0.25) is 4.79 Å². The monoisotopic (exact) mass is 318 g/mol. The van der Waals surface area contributed by atoms with Gasteiger partial charge in [-0.2, -0.15) is 0 Å². The van der Waals surface area contributed by atoms with Gasteiger partial charge in [0.2, 0.25) is 5.91 Å². The summed E-state index contributed by atoms with van der Waals surface area (Å²) < 4.78 is 6.76. The van der Waals surface area contributed by atoms with E-state index in [1.165, 1.54) is 15.8 Å². The zero-order chi connectivity index (χ0) is 16.8. The van der Waals surface area contributed by atoms with Gasteiger partial charge in [0.1, 0.15) is 18.9 Å². The van der Waals surface area contributed by atoms with Gasteiger partial charge in [-0.05, 0) is 19.1 Å². The molecule has 1 aromatic carbocycles. The maximum absolute atomic E-state index is 12.0. The van der Waals surface area contributed by atoms with E-state index in [1.54, 1.807) is 7.05 Å². The van der Waals surface area contributed by atoms with Gasteiger partial charge in [0.15, 0.2) is 5.69 Å². The zero-order valence-electron chi connectivity index (χ0n) is 13.0. The molecule has 8 heteroatoms. The molecule has 1 aromatic heterocycles. The highest BCUT2D eigenvalue weighted by Crippen LogP contribution is 2.11. The van der Waals surface area contributed by atoms with Crippen molar-refractivity contribution in [2.75, 3.05) is 20.2 Å². The Morgan fingerprint density at radius 1 is 1.30 bits per heavy atom. The summed E-state index contributed by atoms with van der Waals surface area (Å²) in [5.41, 5.74) is 0.960. The van der Waals surface area contributed by atoms with Crippen molar-refractivity contribution in [1.82, 2.24) is 19.9 Å². The zero-order valence-corrected chi connectivity index (χ0v) is 13.0. The van der Waals surface area contributed by atoms with Crippen molar-refractivity contribution in [2.45, 2.75) is 13.5 Å². The molecule has 0 fully saturated rings. The van der Waals surface area contributed by atoms with Gasteiger partial charge in [0.25, 0.3) is 0 Å². The van der Waals surface area contributed by atoms with E-state index in [-0.39, 0.29) is 18.1 Å². The molecule has 0 spiro atoms. The molecule has 0 saturated heterocycles. The molecule has 0 aliphatic carbocycles. The molecule has 0 radical (unpaired) electrons. The van der Waals surface area contributed by atoms with E-state index in [0.29, 0.717) is 13.2 Å². The SMILES string of the molecule is Cc1ccc(OCCN(C)C(=O)Cn2cc(C(=O)O)nn2)cc1. The minimum atomic E-state index is -1.18. The van der Waals surface area contributed by atoms with Crippen molar-refractivity contribution in [3.05, 3.63) is 41.7 Å². The molecule has 122 valence electrons. The van der Waals surface area contributed by atoms with Crippen molar-refractivity contribution in [1.29, 1.82) is 0 Å². The molecule has 0 aliphatic rings. The number of hydrogen-bond acceptors (Lipinski definition) is 5. The Balaban J connectivity index is 1.78. The third-order valence-corrected chi connectivity index (χ3v) is 3.20. The second kappa shape index (κ2) is 7.39. The fourth-order valence-electron chi connectivity index (χ4n) is 1.79. The highest BCUT2D eigenvalue weighted by atomic mass is 16.5. The number of hydrogen-bond donors (Lipinski definition) is 1. The minimum absolute atomic E-state index is 0.0681. The van der Waals surface area contributed by atoms with Crippen LogP contribution < -0.4 is 4.74 Å². The number of amides is 1. The largest absolute Gasteiger partial charge is 0.492 e. The van der Waals surface area contributed by atoms with Gasteiger partial charge >= 0.3 is 5.97 Å². The number of benzene rings is 1. The molecule has 1 N–H and O–H groups in total. The maximum atomic E-state index is 12.0. The average Bonchev–Trinajstić information content (AvgIpc) is 2.98. The first-order chi connectivity index (χ1) is 11.0. The van der Waals surface area contributed by atoms with Crippen LogP contribution in [-0.4, -0.2) is 57.1 Å². The lowest BCUT2D eigenvalue weighted by Gasteiger charge is -2.17. The van der Waals surface area contributed by atoms with Crippen LogP contribution in [0.3, 0.4) is 0 Å². The Labute approximate surface area is 133 Å². The number of aromatic carboxylic acids is 1. The number of carbonyl (C=O) groups is 2. The number of carboxylic acids is 1. The molecule has 2 rings (SSSR count). The predicted molar refractivity (Wildman–Crippen MR) is 81.3 cm³/mol. The maximum Gasteiger partial charge on any atom is 0.358 e. The van der Waals surface area contributed by atoms with Crippen LogP contribution in [0, 0.1) is 6.92 Å². The van der Waals surface area contributed by atoms with Crippen molar-refractivity contribution < 1.29 is 19.4 Å². The van der Waals surface area contributed by atoms with Gasteiger partial charge in [0.05, 0.1) is 12.7 Å². The Morgan fingerprint density at radius 3 is 2.61 bits per heavy atom. The fourth-order valence-corrected chi connectivity index (χ4v) is 1.79. The second-order valence-electron chi connectivity index (χ2n) is 5.08. The summed E-state index contributed by atoms with van der Waals surface area (Å²) in [6.45, 7) is 2.70. The van der Waals surface area contributed by atoms with Crippen molar-refractivity contribution in [2.24, 2.45) is 0 Å². The van der Waals surface area contributed by atoms with Gasteiger partial charge < -0.3 is 14.7 Å². The van der Waals surface area contributed by atoms with Crippen LogP contribution in [0.4, 0.5) is 0 Å². The van der Waals surface area contributed by atoms with E-state index in [4.69, 9.17) is 9.84 Å². The molecule has 2 aromatic rings. The quantitative estimate of drug-likeness (QED) is 0.812. The lowest BCUT2D eigenvalue weighted by molar-refractivity contribution is -0.131. The summed E-state index contributed by atoms with van der Waals surface area (Å²) in [5.74, 6) is -0.637. The van der Waals surface area contributed by atoms with Gasteiger partial charge in [-0.15, -0.1) is 5.10 Å². The van der Waals surface area contributed by atoms with Gasteiger partial charge in [-0.1, -0.05) is 22.9 Å². The number of carboxylic acid groups (broad SMARTS) is 1. The van der Waals surface area contributed by atoms with E-state index in [1.807, 2.05) is 31.2 Å². The first-order valence-corrected chi connectivity index (χ1v) is 7.02. The number of aromatic nitrogens is 3. The predicted octanol–water partition coefficient (Wildman–Crippen LogP) is 0.822. The molecule has 0 unspecified atom stereocenters. The highest BCUT2D eigenvalue weighted by molar-refractivity contribution is 5.84. The number of aryl methyl sites for hydroxylation is 1. The van der Waals surface area contributed by atoms with E-state index in [2.05, 4.69) is 10.3 Å². The van der Waals surface area contributed by atoms with Crippen molar-refractivity contribution >= 4 is 11.9 Å². The third-order valence-electron chi connectivity index (χ3n) is 3.20. The van der Waals surface area contributed by atoms with Crippen LogP contribution in [0.25, 0.3) is 0 Å². The normalized spacial score (nSPS) is 10.3. The molecule has 8 nitrogen and oxygen atoms in total. The molecule has 0 atom stereocenters. The number of likely N-dealkylation sites (N-methyl/N-ethyl adjacent to an activating group) is 1. The fraction of sp³-hybridized carbons (Fsp3) is 0.333. The van der Waals surface area contributed by atoms with Crippen LogP contribution >= 0.6 is 0 Å². The van der Waals surface area contributed by atoms with Gasteiger partial charge in [-0.25, -0.2) is 9.48 Å². The van der Waals surface area contributed by atoms with Crippen molar-refractivity contribution in [3.63, 3.8) is 0 Å². The van der Waals surface area contributed by atoms with Crippen LogP contribution in [0.5, 0.6) is 5.75 Å². The van der Waals surface area contributed by atoms with E-state index in [0.717, 1.165) is 11.3 Å². The van der Waals surface area contributed by atoms with Crippen LogP contribution in [0.1, 0.15) is 16.1 Å². The number of ether oxygens (including phenoxy) is 1. The lowest BCUT2D eigenvalue weighted by Crippen LogP contribution is -2.33. The molecule has 0 bridgehead atoms. The molecular weight excluding hydrogens is 300 g/mol. The smallest absolute Gasteiger partial charge is 0.358 e. The Kier molecular flexibility index (Phi) is 5.29. The molecule has 1 amide bonds. The molecule has 23 heavy (non-hydrogen) atoms. The topological polar surface area (TPSA) is 97.5 Å². The Bertz CT molecular complexity index is 681. The second-order valence-corrected chi connectivity index (χ2v) is 5.08. The van der Waals surface area contributed by atoms with E-state index in [9.17, 15) is 9.59 Å². The number of rotatable bonds is 7. The van der Waals surface area contributed by atoms with Crippen LogP contribution in [-0.2, 0) is 11.3 Å². The minimum Gasteiger partial charge on any atom is -0.492 e. The third kappa shape index (κ3) is 4.80. The highest BCUT2D eigenvalue weighted by Gasteiger charge is 2.13. The number of nitrogens with zero attached hydrogens (tertiary/aromatic N) is 4.